The zero-order valence-corrected chi connectivity index (χ0v) is 15.2. The maximum Gasteiger partial charge on any atom is 0.298 e. The Morgan fingerprint density at radius 2 is 2.12 bits per heavy atom. The molecule has 0 spiro atoms. The fraction of sp³-hybridized carbons (Fsp3) is 0.182. The second-order valence-electron chi connectivity index (χ2n) is 4.58. The van der Waals surface area contributed by atoms with E-state index >= 15 is 0 Å². The highest BCUT2D eigenvalue weighted by molar-refractivity contribution is 9.10. The molecule has 0 fully saturated rings. The normalized spacial score (nSPS) is 12.2. The van der Waals surface area contributed by atoms with E-state index in [2.05, 4.69) is 46.7 Å². The molecule has 15 heteroatoms. The average molecular weight is 454 g/mol. The molecule has 0 amide bonds. The van der Waals surface area contributed by atoms with Crippen LogP contribution in [0.4, 0.5) is 15.9 Å². The third-order valence-electron chi connectivity index (χ3n) is 2.82. The predicted molar refractivity (Wildman–Crippen MR) is 90.7 cm³/mol. The second kappa shape index (κ2) is 8.86. The van der Waals surface area contributed by atoms with Crippen LogP contribution >= 0.6 is 15.9 Å². The fourth-order valence-electron chi connectivity index (χ4n) is 1.70. The summed E-state index contributed by atoms with van der Waals surface area (Å²) in [5, 5.41) is 33.2. The first-order valence-electron chi connectivity index (χ1n) is 6.77. The molecule has 2 aromatic rings. The number of aromatic nitrogens is 2. The van der Waals surface area contributed by atoms with E-state index in [1.165, 1.54) is 18.2 Å². The number of amidine groups is 1. The Bertz CT molecular complexity index is 891. The van der Waals surface area contributed by atoms with Gasteiger partial charge in [-0.2, -0.15) is 13.1 Å². The predicted octanol–water partition coefficient (Wildman–Crippen LogP) is 0.444. The molecule has 2 rings (SSSR count). The van der Waals surface area contributed by atoms with E-state index in [0.717, 1.165) is 4.89 Å². The number of hydrogen-bond acceptors (Lipinski definition) is 9. The minimum Gasteiger partial charge on any atom is -0.409 e. The van der Waals surface area contributed by atoms with Gasteiger partial charge >= 0.3 is 0 Å². The minimum absolute atomic E-state index is 0.00362. The minimum atomic E-state index is -4.00. The van der Waals surface area contributed by atoms with Crippen LogP contribution in [0.25, 0.3) is 0 Å². The topological polar surface area (TPSA) is 174 Å². The summed E-state index contributed by atoms with van der Waals surface area (Å²) in [4.78, 5) is 1.10. The molecule has 0 saturated carbocycles. The van der Waals surface area contributed by atoms with Gasteiger partial charge in [0.15, 0.2) is 5.69 Å². The molecule has 142 valence electrons. The Balaban J connectivity index is 2.03. The zero-order valence-electron chi connectivity index (χ0n) is 12.8. The molecule has 0 unspecified atom stereocenters. The van der Waals surface area contributed by atoms with Crippen LogP contribution in [0.1, 0.15) is 5.69 Å². The number of hydrogen-bond donors (Lipinski definition) is 6. The third kappa shape index (κ3) is 5.33. The van der Waals surface area contributed by atoms with Gasteiger partial charge in [0.25, 0.3) is 10.2 Å². The summed E-state index contributed by atoms with van der Waals surface area (Å²) in [6, 6.07) is 4.02. The van der Waals surface area contributed by atoms with Crippen molar-refractivity contribution in [1.82, 2.24) is 19.9 Å². The van der Waals surface area contributed by atoms with Crippen molar-refractivity contribution in [2.75, 3.05) is 23.7 Å². The Morgan fingerprint density at radius 1 is 1.35 bits per heavy atom. The van der Waals surface area contributed by atoms with Crippen molar-refractivity contribution in [2.24, 2.45) is 5.16 Å². The molecule has 1 heterocycles. The Kier molecular flexibility index (Phi) is 6.81. The molecule has 0 aliphatic heterocycles. The molecule has 12 nitrogen and oxygen atoms in total. The molecule has 6 N–H and O–H groups in total. The lowest BCUT2D eigenvalue weighted by Crippen LogP contribution is -2.37. The smallest absolute Gasteiger partial charge is 0.298 e. The maximum atomic E-state index is 13.3. The summed E-state index contributed by atoms with van der Waals surface area (Å²) in [6.45, 7) is -0.0605. The van der Waals surface area contributed by atoms with Crippen molar-refractivity contribution in [3.63, 3.8) is 0 Å². The van der Waals surface area contributed by atoms with Gasteiger partial charge in [0.1, 0.15) is 5.82 Å². The highest BCUT2D eigenvalue weighted by Crippen LogP contribution is 2.21. The highest BCUT2D eigenvalue weighted by atomic mass is 79.9. The quantitative estimate of drug-likeness (QED) is 0.109. The van der Waals surface area contributed by atoms with Gasteiger partial charge in [-0.25, -0.2) is 9.02 Å². The zero-order chi connectivity index (χ0) is 19.2. The molecule has 1 aromatic carbocycles. The number of nitrogens with one attached hydrogen (secondary N) is 4. The van der Waals surface area contributed by atoms with Crippen molar-refractivity contribution in [2.45, 2.75) is 0 Å². The lowest BCUT2D eigenvalue weighted by Gasteiger charge is -2.09. The van der Waals surface area contributed by atoms with Crippen LogP contribution in [0.5, 0.6) is 0 Å². The molecule has 0 saturated heterocycles. The van der Waals surface area contributed by atoms with E-state index in [1.807, 2.05) is 4.72 Å². The molecule has 26 heavy (non-hydrogen) atoms. The Hall–Kier alpha value is -2.33. The number of rotatable bonds is 8. The largest absolute Gasteiger partial charge is 0.409 e. The van der Waals surface area contributed by atoms with Gasteiger partial charge in [-0.15, -0.1) is 0 Å². The van der Waals surface area contributed by atoms with Crippen molar-refractivity contribution in [3.8, 4) is 0 Å². The van der Waals surface area contributed by atoms with E-state index in [1.54, 1.807) is 0 Å². The van der Waals surface area contributed by atoms with Crippen molar-refractivity contribution < 1.29 is 27.9 Å². The monoisotopic (exact) mass is 453 g/mol. The molecule has 0 atom stereocenters. The van der Waals surface area contributed by atoms with Crippen LogP contribution in [0.15, 0.2) is 32.5 Å². The van der Waals surface area contributed by atoms with Gasteiger partial charge in [-0.05, 0) is 44.4 Å². The summed E-state index contributed by atoms with van der Waals surface area (Å²) >= 11 is 3.03. The molecular formula is C11H13BrFN7O5S. The molecular weight excluding hydrogens is 441 g/mol. The maximum absolute atomic E-state index is 13.3. The summed E-state index contributed by atoms with van der Waals surface area (Å²) in [5.74, 6) is -0.559. The van der Waals surface area contributed by atoms with Crippen LogP contribution in [-0.2, 0) is 10.2 Å². The first-order valence-corrected chi connectivity index (χ1v) is 9.05. The number of benzene rings is 1. The molecule has 1 aromatic heterocycles. The van der Waals surface area contributed by atoms with Crippen LogP contribution in [0.3, 0.4) is 0 Å². The number of anilines is 2. The fourth-order valence-corrected chi connectivity index (χ4v) is 2.51. The second-order valence-corrected chi connectivity index (χ2v) is 6.91. The van der Waals surface area contributed by atoms with Gasteiger partial charge in [0.2, 0.25) is 11.7 Å². The van der Waals surface area contributed by atoms with Crippen molar-refractivity contribution in [3.05, 3.63) is 34.2 Å². The molecule has 0 bridgehead atoms. The molecule has 0 radical (unpaired) electrons. The Labute approximate surface area is 154 Å². The third-order valence-corrected chi connectivity index (χ3v) is 4.26. The number of halogens is 2. The van der Waals surface area contributed by atoms with Gasteiger partial charge in [-0.1, -0.05) is 10.0 Å². The van der Waals surface area contributed by atoms with E-state index in [-0.39, 0.29) is 34.9 Å². The SMILES string of the molecule is O=S(=O)(NO)NCCNc1nonc1/C(=N/O)Nc1ccc(F)c(Br)c1. The van der Waals surface area contributed by atoms with E-state index < -0.39 is 16.0 Å². The standard InChI is InChI=1S/C11H13BrFN7O5S/c12-7-5-6(1-2-8(7)13)16-11(17-21)9-10(19-25-18-9)14-3-4-15-26(23,24)20-22/h1-2,5,15,20-22H,3-4H2,(H,14,19)(H,16,17). The molecule has 0 aliphatic carbocycles. The van der Waals surface area contributed by atoms with E-state index in [0.29, 0.717) is 5.69 Å². The summed E-state index contributed by atoms with van der Waals surface area (Å²) in [6.07, 6.45) is 0. The Morgan fingerprint density at radius 3 is 2.77 bits per heavy atom. The van der Waals surface area contributed by atoms with E-state index in [4.69, 9.17) is 5.21 Å². The van der Waals surface area contributed by atoms with Crippen molar-refractivity contribution >= 4 is 43.5 Å². The van der Waals surface area contributed by atoms with Gasteiger partial charge in [0, 0.05) is 18.8 Å². The lowest BCUT2D eigenvalue weighted by atomic mass is 10.3. The summed E-state index contributed by atoms with van der Waals surface area (Å²) in [7, 11) is -4.00. The van der Waals surface area contributed by atoms with Crippen molar-refractivity contribution in [1.29, 1.82) is 0 Å². The van der Waals surface area contributed by atoms with Crippen LogP contribution in [0, 0.1) is 5.82 Å². The number of nitrogens with zero attached hydrogens (tertiary/aromatic N) is 3. The highest BCUT2D eigenvalue weighted by Gasteiger charge is 2.18. The summed E-state index contributed by atoms with van der Waals surface area (Å²) < 4.78 is 42.1. The van der Waals surface area contributed by atoms with Gasteiger partial charge < -0.3 is 21.0 Å². The van der Waals surface area contributed by atoms with E-state index in [9.17, 15) is 18.0 Å². The summed E-state index contributed by atoms with van der Waals surface area (Å²) in [5.41, 5.74) is 0.387. The van der Waals surface area contributed by atoms with Gasteiger partial charge in [-0.3, -0.25) is 0 Å². The first-order chi connectivity index (χ1) is 12.4. The van der Waals surface area contributed by atoms with Crippen LogP contribution < -0.4 is 20.2 Å². The van der Waals surface area contributed by atoms with Gasteiger partial charge in [0.05, 0.1) is 4.47 Å². The lowest BCUT2D eigenvalue weighted by molar-refractivity contribution is 0.240. The first kappa shape index (κ1) is 20.0. The van der Waals surface area contributed by atoms with Crippen LogP contribution in [-0.4, -0.2) is 48.1 Å². The number of oxime groups is 1. The van der Waals surface area contributed by atoms with Crippen LogP contribution in [0.2, 0.25) is 0 Å². The molecule has 0 aliphatic rings. The average Bonchev–Trinajstić information content (AvgIpc) is 3.08.